The van der Waals surface area contributed by atoms with E-state index in [-0.39, 0.29) is 12.4 Å². The van der Waals surface area contributed by atoms with Gasteiger partial charge in [-0.05, 0) is 23.8 Å². The predicted octanol–water partition coefficient (Wildman–Crippen LogP) is 2.96. The summed E-state index contributed by atoms with van der Waals surface area (Å²) >= 11 is 1.43. The number of nitrogens with zero attached hydrogens (tertiary/aromatic N) is 1. The third kappa shape index (κ3) is 3.89. The van der Waals surface area contributed by atoms with E-state index in [2.05, 4.69) is 4.98 Å². The van der Waals surface area contributed by atoms with Crippen LogP contribution in [0.2, 0.25) is 0 Å². The van der Waals surface area contributed by atoms with E-state index >= 15 is 0 Å². The van der Waals surface area contributed by atoms with Gasteiger partial charge in [0.15, 0.2) is 11.6 Å². The Bertz CT molecular complexity index is 596. The van der Waals surface area contributed by atoms with Crippen molar-refractivity contribution in [3.63, 3.8) is 0 Å². The van der Waals surface area contributed by atoms with Crippen molar-refractivity contribution >= 4 is 23.4 Å². The van der Waals surface area contributed by atoms with E-state index in [4.69, 9.17) is 9.84 Å². The maximum absolute atomic E-state index is 13.7. The quantitative estimate of drug-likeness (QED) is 0.855. The molecule has 1 aromatic carbocycles. The van der Waals surface area contributed by atoms with Gasteiger partial charge in [-0.2, -0.15) is 0 Å². The highest BCUT2D eigenvalue weighted by molar-refractivity contribution is 7.09. The Morgan fingerprint density at radius 2 is 2.37 bits per heavy atom. The summed E-state index contributed by atoms with van der Waals surface area (Å²) in [6, 6.07) is 4.26. The molecule has 0 amide bonds. The number of rotatable bonds is 5. The van der Waals surface area contributed by atoms with E-state index in [1.807, 2.05) is 5.38 Å². The molecular weight excluding hydrogens is 269 g/mol. The van der Waals surface area contributed by atoms with Gasteiger partial charge < -0.3 is 9.84 Å². The summed E-state index contributed by atoms with van der Waals surface area (Å²) in [7, 11) is 0. The van der Waals surface area contributed by atoms with Gasteiger partial charge in [-0.15, -0.1) is 11.3 Å². The molecule has 2 aromatic rings. The zero-order chi connectivity index (χ0) is 13.7. The second-order valence-corrected chi connectivity index (χ2v) is 4.56. The number of carboxylic acid groups (broad SMARTS) is 1. The highest BCUT2D eigenvalue weighted by Gasteiger charge is 2.05. The molecule has 1 heterocycles. The predicted molar refractivity (Wildman–Crippen MR) is 69.5 cm³/mol. The lowest BCUT2D eigenvalue weighted by Crippen LogP contribution is -1.97. The van der Waals surface area contributed by atoms with E-state index in [1.165, 1.54) is 29.5 Å². The van der Waals surface area contributed by atoms with Crippen molar-refractivity contribution in [2.75, 3.05) is 0 Å². The molecule has 0 bridgehead atoms. The van der Waals surface area contributed by atoms with E-state index in [9.17, 15) is 9.18 Å². The maximum atomic E-state index is 13.7. The SMILES string of the molecule is O=C(O)/C=C/c1ccc(OCc2nccs2)c(F)c1. The molecule has 0 aliphatic rings. The largest absolute Gasteiger partial charge is 0.483 e. The van der Waals surface area contributed by atoms with Crippen molar-refractivity contribution in [3.05, 3.63) is 52.2 Å². The zero-order valence-corrected chi connectivity index (χ0v) is 10.6. The summed E-state index contributed by atoms with van der Waals surface area (Å²) in [5.41, 5.74) is 0.460. The van der Waals surface area contributed by atoms with Crippen LogP contribution in [0.4, 0.5) is 4.39 Å². The average Bonchev–Trinajstić information content (AvgIpc) is 2.88. The second kappa shape index (κ2) is 6.10. The third-order valence-corrected chi connectivity index (χ3v) is 2.96. The van der Waals surface area contributed by atoms with Gasteiger partial charge in [0.25, 0.3) is 0 Å². The van der Waals surface area contributed by atoms with Crippen LogP contribution in [0.3, 0.4) is 0 Å². The lowest BCUT2D eigenvalue weighted by atomic mass is 10.2. The molecule has 0 saturated heterocycles. The van der Waals surface area contributed by atoms with Gasteiger partial charge >= 0.3 is 5.97 Å². The van der Waals surface area contributed by atoms with Crippen molar-refractivity contribution in [1.29, 1.82) is 0 Å². The van der Waals surface area contributed by atoms with Crippen LogP contribution >= 0.6 is 11.3 Å². The van der Waals surface area contributed by atoms with Gasteiger partial charge in [0.2, 0.25) is 0 Å². The van der Waals surface area contributed by atoms with Crippen LogP contribution < -0.4 is 4.74 Å². The molecule has 6 heteroatoms. The smallest absolute Gasteiger partial charge is 0.328 e. The molecule has 1 N–H and O–H groups in total. The van der Waals surface area contributed by atoms with Crippen LogP contribution in [-0.4, -0.2) is 16.1 Å². The minimum atomic E-state index is -1.08. The van der Waals surface area contributed by atoms with Crippen molar-refractivity contribution in [3.8, 4) is 5.75 Å². The summed E-state index contributed by atoms with van der Waals surface area (Å²) in [5, 5.41) is 11.1. The molecular formula is C13H10FNO3S. The standard InChI is InChI=1S/C13H10FNO3S/c14-10-7-9(2-4-13(16)17)1-3-11(10)18-8-12-15-5-6-19-12/h1-7H,8H2,(H,16,17)/b4-2+. The summed E-state index contributed by atoms with van der Waals surface area (Å²) < 4.78 is 19.0. The van der Waals surface area contributed by atoms with Gasteiger partial charge in [0, 0.05) is 17.7 Å². The first-order valence-electron chi connectivity index (χ1n) is 5.37. The maximum Gasteiger partial charge on any atom is 0.328 e. The van der Waals surface area contributed by atoms with Gasteiger partial charge in [0.05, 0.1) is 0 Å². The van der Waals surface area contributed by atoms with Crippen LogP contribution in [0, 0.1) is 5.82 Å². The number of carboxylic acids is 1. The van der Waals surface area contributed by atoms with Gasteiger partial charge in [-0.3, -0.25) is 0 Å². The molecule has 0 saturated carbocycles. The summed E-state index contributed by atoms with van der Waals surface area (Å²) in [5.74, 6) is -1.50. The molecule has 0 radical (unpaired) electrons. The first-order chi connectivity index (χ1) is 9.15. The van der Waals surface area contributed by atoms with Crippen LogP contribution in [-0.2, 0) is 11.4 Å². The highest BCUT2D eigenvalue weighted by atomic mass is 32.1. The minimum Gasteiger partial charge on any atom is -0.483 e. The molecule has 19 heavy (non-hydrogen) atoms. The summed E-state index contributed by atoms with van der Waals surface area (Å²) in [6.45, 7) is 0.207. The molecule has 0 fully saturated rings. The molecule has 0 aliphatic heterocycles. The van der Waals surface area contributed by atoms with Crippen LogP contribution in [0.5, 0.6) is 5.75 Å². The van der Waals surface area contributed by atoms with Crippen LogP contribution in [0.15, 0.2) is 35.9 Å². The molecule has 0 aliphatic carbocycles. The number of ether oxygens (including phenoxy) is 1. The Kier molecular flexibility index (Phi) is 4.25. The molecule has 0 spiro atoms. The lowest BCUT2D eigenvalue weighted by molar-refractivity contribution is -0.131. The van der Waals surface area contributed by atoms with Crippen molar-refractivity contribution in [2.45, 2.75) is 6.61 Å². The minimum absolute atomic E-state index is 0.114. The van der Waals surface area contributed by atoms with Gasteiger partial charge in [0.1, 0.15) is 11.6 Å². The third-order valence-electron chi connectivity index (χ3n) is 2.21. The Morgan fingerprint density at radius 1 is 1.53 bits per heavy atom. The van der Waals surface area contributed by atoms with Crippen molar-refractivity contribution in [2.24, 2.45) is 0 Å². The van der Waals surface area contributed by atoms with Crippen molar-refractivity contribution in [1.82, 2.24) is 4.98 Å². The zero-order valence-electron chi connectivity index (χ0n) is 9.75. The first kappa shape index (κ1) is 13.2. The van der Waals surface area contributed by atoms with E-state index in [1.54, 1.807) is 12.3 Å². The van der Waals surface area contributed by atoms with Gasteiger partial charge in [-0.1, -0.05) is 6.07 Å². The second-order valence-electron chi connectivity index (χ2n) is 3.58. The van der Waals surface area contributed by atoms with Crippen LogP contribution in [0.25, 0.3) is 6.08 Å². The molecule has 0 unspecified atom stereocenters. The Balaban J connectivity index is 2.04. The van der Waals surface area contributed by atoms with E-state index < -0.39 is 11.8 Å². The molecule has 1 aromatic heterocycles. The molecule has 2 rings (SSSR count). The average molecular weight is 279 g/mol. The number of aliphatic carboxylic acids is 1. The monoisotopic (exact) mass is 279 g/mol. The number of aromatic nitrogens is 1. The molecule has 98 valence electrons. The molecule has 4 nitrogen and oxygen atoms in total. The van der Waals surface area contributed by atoms with E-state index in [0.29, 0.717) is 5.56 Å². The fraction of sp³-hybridized carbons (Fsp3) is 0.0769. The number of carbonyl (C=O) groups is 1. The Morgan fingerprint density at radius 3 is 3.00 bits per heavy atom. The topological polar surface area (TPSA) is 59.4 Å². The normalized spacial score (nSPS) is 10.8. The van der Waals surface area contributed by atoms with Crippen LogP contribution in [0.1, 0.15) is 10.6 Å². The summed E-state index contributed by atoms with van der Waals surface area (Å²) in [6.07, 6.45) is 3.92. The number of thiazole rings is 1. The number of benzene rings is 1. The Hall–Kier alpha value is -2.21. The fourth-order valence-corrected chi connectivity index (χ4v) is 1.90. The summed E-state index contributed by atoms with van der Waals surface area (Å²) in [4.78, 5) is 14.4. The number of halogens is 1. The number of hydrogen-bond donors (Lipinski definition) is 1. The molecule has 0 atom stereocenters. The Labute approximate surface area is 112 Å². The lowest BCUT2D eigenvalue weighted by Gasteiger charge is -2.05. The van der Waals surface area contributed by atoms with Gasteiger partial charge in [-0.25, -0.2) is 14.2 Å². The first-order valence-corrected chi connectivity index (χ1v) is 6.25. The van der Waals surface area contributed by atoms with E-state index in [0.717, 1.165) is 11.1 Å². The van der Waals surface area contributed by atoms with Crippen molar-refractivity contribution < 1.29 is 19.0 Å². The highest BCUT2D eigenvalue weighted by Crippen LogP contribution is 2.20. The fourth-order valence-electron chi connectivity index (χ4n) is 1.37. The number of hydrogen-bond acceptors (Lipinski definition) is 4.